The van der Waals surface area contributed by atoms with Gasteiger partial charge >= 0.3 is 0 Å². The second-order valence-corrected chi connectivity index (χ2v) is 9.52. The van der Waals surface area contributed by atoms with Crippen molar-refractivity contribution in [1.82, 2.24) is 9.88 Å². The fourth-order valence-corrected chi connectivity index (χ4v) is 5.20. The van der Waals surface area contributed by atoms with Crippen LogP contribution in [0.15, 0.2) is 87.5 Å². The number of hydrogen-bond acceptors (Lipinski definition) is 5. The molecule has 0 unspecified atom stereocenters. The molecule has 1 aliphatic rings. The van der Waals surface area contributed by atoms with Crippen LogP contribution in [-0.4, -0.2) is 35.9 Å². The smallest absolute Gasteiger partial charge is 0.282 e. The van der Waals surface area contributed by atoms with E-state index in [-0.39, 0.29) is 22.5 Å². The number of hydrogen-bond donors (Lipinski definition) is 0. The Hall–Kier alpha value is -3.23. The number of para-hydroxylation sites is 1. The van der Waals surface area contributed by atoms with Gasteiger partial charge in [0.15, 0.2) is 5.17 Å². The molecule has 0 bridgehead atoms. The minimum atomic E-state index is -3.96. The molecular formula is C23H19N3O3S2. The number of pyridine rings is 1. The molecule has 1 saturated heterocycles. The molecule has 0 atom stereocenters. The minimum Gasteiger partial charge on any atom is -0.282 e. The number of rotatable bonds is 5. The van der Waals surface area contributed by atoms with Gasteiger partial charge in [0.05, 0.1) is 21.0 Å². The maximum Gasteiger partial charge on any atom is 0.284 e. The van der Waals surface area contributed by atoms with Gasteiger partial charge in [0.2, 0.25) is 0 Å². The first kappa shape index (κ1) is 21.0. The van der Waals surface area contributed by atoms with Gasteiger partial charge in [-0.15, -0.1) is 11.0 Å². The van der Waals surface area contributed by atoms with Crippen LogP contribution in [0.4, 0.5) is 0 Å². The molecule has 156 valence electrons. The molecule has 2 heterocycles. The molecule has 0 radical (unpaired) electrons. The Morgan fingerprint density at radius 1 is 1.10 bits per heavy atom. The number of sulfonamides is 1. The zero-order valence-corrected chi connectivity index (χ0v) is 18.4. The molecule has 1 amide bonds. The molecule has 4 rings (SSSR count). The van der Waals surface area contributed by atoms with Gasteiger partial charge in [-0.3, -0.25) is 9.69 Å². The first-order valence-corrected chi connectivity index (χ1v) is 11.7. The van der Waals surface area contributed by atoms with Gasteiger partial charge < -0.3 is 0 Å². The highest BCUT2D eigenvalue weighted by Gasteiger charge is 2.34. The Labute approximate surface area is 185 Å². The van der Waals surface area contributed by atoms with E-state index in [1.54, 1.807) is 18.2 Å². The van der Waals surface area contributed by atoms with Crippen molar-refractivity contribution in [2.75, 3.05) is 6.54 Å². The van der Waals surface area contributed by atoms with E-state index in [4.69, 9.17) is 0 Å². The molecule has 1 aromatic heterocycles. The van der Waals surface area contributed by atoms with Crippen molar-refractivity contribution in [3.63, 3.8) is 0 Å². The lowest BCUT2D eigenvalue weighted by Crippen LogP contribution is -2.29. The van der Waals surface area contributed by atoms with Gasteiger partial charge in [-0.1, -0.05) is 48.0 Å². The van der Waals surface area contributed by atoms with Crippen molar-refractivity contribution in [3.05, 3.63) is 89.5 Å². The lowest BCUT2D eigenvalue weighted by Gasteiger charge is -2.12. The predicted octanol–water partition coefficient (Wildman–Crippen LogP) is 4.39. The van der Waals surface area contributed by atoms with E-state index in [0.717, 1.165) is 28.2 Å². The van der Waals surface area contributed by atoms with Crippen molar-refractivity contribution in [2.45, 2.75) is 11.8 Å². The summed E-state index contributed by atoms with van der Waals surface area (Å²) in [6, 6.07) is 17.9. The third kappa shape index (κ3) is 4.45. The largest absolute Gasteiger partial charge is 0.284 e. The third-order valence-corrected chi connectivity index (χ3v) is 7.02. The molecule has 0 N–H and O–H groups in total. The molecule has 3 aromatic rings. The Morgan fingerprint density at radius 2 is 1.84 bits per heavy atom. The van der Waals surface area contributed by atoms with Crippen LogP contribution >= 0.6 is 11.8 Å². The lowest BCUT2D eigenvalue weighted by atomic mass is 10.2. The fourth-order valence-electron chi connectivity index (χ4n) is 3.03. The van der Waals surface area contributed by atoms with Crippen LogP contribution in [-0.2, 0) is 14.8 Å². The molecular weight excluding hydrogens is 430 g/mol. The zero-order valence-electron chi connectivity index (χ0n) is 16.7. The summed E-state index contributed by atoms with van der Waals surface area (Å²) < 4.78 is 29.5. The Kier molecular flexibility index (Phi) is 5.75. The van der Waals surface area contributed by atoms with Crippen molar-refractivity contribution in [1.29, 1.82) is 0 Å². The van der Waals surface area contributed by atoms with Gasteiger partial charge in [-0.05, 0) is 49.0 Å². The van der Waals surface area contributed by atoms with Crippen LogP contribution in [0.25, 0.3) is 17.0 Å². The van der Waals surface area contributed by atoms with Gasteiger partial charge in [-0.2, -0.15) is 8.42 Å². The van der Waals surface area contributed by atoms with E-state index in [2.05, 4.69) is 16.0 Å². The van der Waals surface area contributed by atoms with Gasteiger partial charge in [0.1, 0.15) is 0 Å². The van der Waals surface area contributed by atoms with E-state index in [9.17, 15) is 13.2 Å². The van der Waals surface area contributed by atoms with Gasteiger partial charge in [-0.25, -0.2) is 4.98 Å². The molecule has 0 spiro atoms. The van der Waals surface area contributed by atoms with E-state index in [1.807, 2.05) is 43.3 Å². The summed E-state index contributed by atoms with van der Waals surface area (Å²) in [5.74, 6) is -0.335. The summed E-state index contributed by atoms with van der Waals surface area (Å²) in [6.45, 7) is 5.68. The van der Waals surface area contributed by atoms with Crippen molar-refractivity contribution < 1.29 is 13.2 Å². The maximum absolute atomic E-state index is 12.9. The van der Waals surface area contributed by atoms with Crippen LogP contribution in [0.5, 0.6) is 0 Å². The SMILES string of the molecule is C=CCN1C(=O)C(=Cc2ccc3ccccc3n2)SC1=NS(=O)(=O)c1ccc(C)cc1. The second-order valence-electron chi connectivity index (χ2n) is 6.91. The van der Waals surface area contributed by atoms with Crippen LogP contribution < -0.4 is 0 Å². The number of fused-ring (bicyclic) bond motifs is 1. The van der Waals surface area contributed by atoms with Gasteiger partial charge in [0.25, 0.3) is 15.9 Å². The molecule has 0 saturated carbocycles. The lowest BCUT2D eigenvalue weighted by molar-refractivity contribution is -0.121. The fraction of sp³-hybridized carbons (Fsp3) is 0.0870. The Bertz CT molecular complexity index is 1340. The van der Waals surface area contributed by atoms with Crippen LogP contribution in [0.1, 0.15) is 11.3 Å². The van der Waals surface area contributed by atoms with E-state index in [1.165, 1.54) is 23.1 Å². The summed E-state index contributed by atoms with van der Waals surface area (Å²) in [5.41, 5.74) is 2.36. The maximum atomic E-state index is 12.9. The Balaban J connectivity index is 1.71. The first-order valence-electron chi connectivity index (χ1n) is 9.47. The number of benzene rings is 2. The number of thioether (sulfide) groups is 1. The highest BCUT2D eigenvalue weighted by molar-refractivity contribution is 8.19. The molecule has 0 aliphatic carbocycles. The number of nitrogens with zero attached hydrogens (tertiary/aromatic N) is 3. The highest BCUT2D eigenvalue weighted by Crippen LogP contribution is 2.33. The third-order valence-electron chi connectivity index (χ3n) is 4.62. The van der Waals surface area contributed by atoms with Crippen LogP contribution in [0.2, 0.25) is 0 Å². The van der Waals surface area contributed by atoms with E-state index >= 15 is 0 Å². The molecule has 1 aliphatic heterocycles. The average Bonchev–Trinajstić information content (AvgIpc) is 3.02. The monoisotopic (exact) mass is 449 g/mol. The number of amides is 1. The number of carbonyl (C=O) groups is 1. The van der Waals surface area contributed by atoms with Crippen LogP contribution in [0.3, 0.4) is 0 Å². The van der Waals surface area contributed by atoms with Gasteiger partial charge in [0, 0.05) is 11.9 Å². The number of carbonyl (C=O) groups excluding carboxylic acids is 1. The highest BCUT2D eigenvalue weighted by atomic mass is 32.2. The first-order chi connectivity index (χ1) is 14.9. The summed E-state index contributed by atoms with van der Waals surface area (Å²) in [5, 5.41) is 1.09. The number of aryl methyl sites for hydroxylation is 1. The quantitative estimate of drug-likeness (QED) is 0.426. The molecule has 1 fully saturated rings. The Morgan fingerprint density at radius 3 is 2.58 bits per heavy atom. The second kappa shape index (κ2) is 8.49. The van der Waals surface area contributed by atoms with E-state index in [0.29, 0.717) is 10.6 Å². The minimum absolute atomic E-state index is 0.0748. The van der Waals surface area contributed by atoms with Crippen LogP contribution in [0, 0.1) is 6.92 Å². The average molecular weight is 450 g/mol. The van der Waals surface area contributed by atoms with Crippen molar-refractivity contribution >= 4 is 49.8 Å². The topological polar surface area (TPSA) is 79.7 Å². The summed E-state index contributed by atoms with van der Waals surface area (Å²) >= 11 is 1.01. The molecule has 31 heavy (non-hydrogen) atoms. The number of aromatic nitrogens is 1. The zero-order chi connectivity index (χ0) is 22.0. The van der Waals surface area contributed by atoms with Crippen molar-refractivity contribution in [2.24, 2.45) is 4.40 Å². The van der Waals surface area contributed by atoms with E-state index < -0.39 is 10.0 Å². The molecule has 8 heteroatoms. The number of amidine groups is 1. The summed E-state index contributed by atoms with van der Waals surface area (Å²) in [7, 11) is -3.96. The predicted molar refractivity (Wildman–Crippen MR) is 125 cm³/mol. The molecule has 2 aromatic carbocycles. The summed E-state index contributed by atoms with van der Waals surface area (Å²) in [6.07, 6.45) is 3.18. The summed E-state index contributed by atoms with van der Waals surface area (Å²) in [4.78, 5) is 19.2. The van der Waals surface area contributed by atoms with Crippen molar-refractivity contribution in [3.8, 4) is 0 Å². The standard InChI is InChI=1S/C23H19N3O3S2/c1-3-14-26-22(27)21(15-18-11-10-17-6-4-5-7-20(17)24-18)30-23(26)25-31(28,29)19-12-8-16(2)9-13-19/h3-13,15H,1,14H2,2H3. The normalized spacial score (nSPS) is 17.1. The molecule has 6 nitrogen and oxygen atoms in total.